The minimum absolute atomic E-state index is 0.111. The van der Waals surface area contributed by atoms with E-state index in [1.165, 1.54) is 12.1 Å². The lowest BCUT2D eigenvalue weighted by molar-refractivity contribution is -0.121. The summed E-state index contributed by atoms with van der Waals surface area (Å²) in [5, 5.41) is 11.9. The van der Waals surface area contributed by atoms with Gasteiger partial charge in [0.05, 0.1) is 12.0 Å². The van der Waals surface area contributed by atoms with Crippen LogP contribution in [0.5, 0.6) is 0 Å². The van der Waals surface area contributed by atoms with E-state index in [1.807, 2.05) is 0 Å². The molecule has 0 aliphatic carbocycles. The van der Waals surface area contributed by atoms with E-state index in [0.29, 0.717) is 18.0 Å². The second-order valence-corrected chi connectivity index (χ2v) is 4.97. The topological polar surface area (TPSA) is 52.9 Å². The molecule has 0 aromatic heterocycles. The number of halogens is 1. The third-order valence-corrected chi connectivity index (χ3v) is 2.86. The number of benzene rings is 1. The van der Waals surface area contributed by atoms with Crippen molar-refractivity contribution < 1.29 is 9.18 Å². The van der Waals surface area contributed by atoms with Crippen LogP contribution in [-0.2, 0) is 4.79 Å². The van der Waals surface area contributed by atoms with Crippen LogP contribution in [0.1, 0.15) is 38.2 Å². The second-order valence-electron chi connectivity index (χ2n) is 4.97. The fraction of sp³-hybridized carbons (Fsp3) is 0.467. The number of carbonyl (C=O) groups excluding carboxylic acids is 1. The molecule has 4 heteroatoms. The van der Waals surface area contributed by atoms with E-state index in [9.17, 15) is 9.18 Å². The number of nitrogens with one attached hydrogen (secondary N) is 1. The first-order valence-corrected chi connectivity index (χ1v) is 6.44. The Morgan fingerprint density at radius 1 is 1.37 bits per heavy atom. The number of hydrogen-bond acceptors (Lipinski definition) is 2. The average Bonchev–Trinajstić information content (AvgIpc) is 2.36. The Labute approximate surface area is 113 Å². The Balaban J connectivity index is 2.51. The summed E-state index contributed by atoms with van der Waals surface area (Å²) in [4.78, 5) is 11.7. The van der Waals surface area contributed by atoms with Crippen LogP contribution in [0.3, 0.4) is 0 Å². The van der Waals surface area contributed by atoms with Gasteiger partial charge in [-0.15, -0.1) is 0 Å². The Morgan fingerprint density at radius 3 is 2.53 bits per heavy atom. The molecular formula is C15H19FN2O. The van der Waals surface area contributed by atoms with Crippen molar-refractivity contribution in [2.24, 2.45) is 5.92 Å². The minimum Gasteiger partial charge on any atom is -0.356 e. The molecule has 1 amide bonds. The smallest absolute Gasteiger partial charge is 0.221 e. The van der Waals surface area contributed by atoms with Crippen LogP contribution in [0, 0.1) is 23.1 Å². The van der Waals surface area contributed by atoms with E-state index in [0.717, 1.165) is 6.42 Å². The molecule has 0 heterocycles. The highest BCUT2D eigenvalue weighted by molar-refractivity contribution is 5.77. The quantitative estimate of drug-likeness (QED) is 0.856. The van der Waals surface area contributed by atoms with Crippen LogP contribution in [-0.4, -0.2) is 12.5 Å². The molecular weight excluding hydrogens is 243 g/mol. The zero-order valence-electron chi connectivity index (χ0n) is 11.3. The average molecular weight is 262 g/mol. The van der Waals surface area contributed by atoms with E-state index < -0.39 is 5.92 Å². The molecule has 0 aliphatic heterocycles. The Bertz CT molecular complexity index is 448. The summed E-state index contributed by atoms with van der Waals surface area (Å²) in [6.45, 7) is 4.80. The third kappa shape index (κ3) is 5.52. The van der Waals surface area contributed by atoms with Gasteiger partial charge in [0.2, 0.25) is 5.91 Å². The predicted octanol–water partition coefficient (Wildman–Crippen LogP) is 2.99. The van der Waals surface area contributed by atoms with Crippen LogP contribution >= 0.6 is 0 Å². The van der Waals surface area contributed by atoms with Crippen molar-refractivity contribution in [3.8, 4) is 6.07 Å². The largest absolute Gasteiger partial charge is 0.356 e. The first kappa shape index (κ1) is 15.2. The molecule has 1 aromatic rings. The molecule has 0 aliphatic rings. The summed E-state index contributed by atoms with van der Waals surface area (Å²) >= 11 is 0. The van der Waals surface area contributed by atoms with Crippen molar-refractivity contribution in [2.75, 3.05) is 6.54 Å². The summed E-state index contributed by atoms with van der Waals surface area (Å²) in [6, 6.07) is 7.78. The number of nitrogens with zero attached hydrogens (tertiary/aromatic N) is 1. The number of amides is 1. The lowest BCUT2D eigenvalue weighted by Crippen LogP contribution is -2.26. The maximum absolute atomic E-state index is 12.8. The minimum atomic E-state index is -0.528. The summed E-state index contributed by atoms with van der Waals surface area (Å²) in [6.07, 6.45) is 1.03. The highest BCUT2D eigenvalue weighted by Gasteiger charge is 2.15. The summed E-state index contributed by atoms with van der Waals surface area (Å²) in [7, 11) is 0. The second kappa shape index (κ2) is 7.52. The molecule has 0 saturated heterocycles. The number of nitriles is 1. The van der Waals surface area contributed by atoms with Crippen LogP contribution in [0.2, 0.25) is 0 Å². The van der Waals surface area contributed by atoms with Gasteiger partial charge in [0, 0.05) is 13.0 Å². The molecule has 1 N–H and O–H groups in total. The summed E-state index contributed by atoms with van der Waals surface area (Å²) < 4.78 is 12.8. The molecule has 1 unspecified atom stereocenters. The Kier molecular flexibility index (Phi) is 6.01. The molecule has 1 atom stereocenters. The van der Waals surface area contributed by atoms with E-state index in [2.05, 4.69) is 25.2 Å². The van der Waals surface area contributed by atoms with Gasteiger partial charge in [-0.2, -0.15) is 5.26 Å². The van der Waals surface area contributed by atoms with Gasteiger partial charge in [-0.3, -0.25) is 4.79 Å². The molecule has 1 rings (SSSR count). The Morgan fingerprint density at radius 2 is 2.00 bits per heavy atom. The highest BCUT2D eigenvalue weighted by Crippen LogP contribution is 2.19. The molecule has 0 saturated carbocycles. The molecule has 0 radical (unpaired) electrons. The first-order chi connectivity index (χ1) is 9.02. The molecule has 0 fully saturated rings. The lowest BCUT2D eigenvalue weighted by Gasteiger charge is -2.11. The maximum atomic E-state index is 12.8. The Hall–Kier alpha value is -1.89. The van der Waals surface area contributed by atoms with E-state index >= 15 is 0 Å². The van der Waals surface area contributed by atoms with E-state index in [1.54, 1.807) is 12.1 Å². The van der Waals surface area contributed by atoms with Gasteiger partial charge in [-0.05, 0) is 30.0 Å². The SMILES string of the molecule is CC(C)CCNC(=O)CC(C#N)c1ccc(F)cc1. The predicted molar refractivity (Wildman–Crippen MR) is 71.8 cm³/mol. The molecule has 19 heavy (non-hydrogen) atoms. The molecule has 102 valence electrons. The number of rotatable bonds is 6. The summed E-state index contributed by atoms with van der Waals surface area (Å²) in [5.41, 5.74) is 0.669. The van der Waals surface area contributed by atoms with Gasteiger partial charge in [0.15, 0.2) is 0 Å². The molecule has 0 bridgehead atoms. The van der Waals surface area contributed by atoms with Gasteiger partial charge in [-0.1, -0.05) is 26.0 Å². The molecule has 1 aromatic carbocycles. The monoisotopic (exact) mass is 262 g/mol. The van der Waals surface area contributed by atoms with Gasteiger partial charge in [0.1, 0.15) is 5.82 Å². The number of hydrogen-bond donors (Lipinski definition) is 1. The van der Waals surface area contributed by atoms with Crippen molar-refractivity contribution in [1.82, 2.24) is 5.32 Å². The third-order valence-electron chi connectivity index (χ3n) is 2.86. The van der Waals surface area contributed by atoms with Crippen LogP contribution in [0.25, 0.3) is 0 Å². The van der Waals surface area contributed by atoms with Gasteiger partial charge < -0.3 is 5.32 Å². The van der Waals surface area contributed by atoms with E-state index in [-0.39, 0.29) is 18.1 Å². The van der Waals surface area contributed by atoms with Crippen molar-refractivity contribution in [2.45, 2.75) is 32.6 Å². The zero-order chi connectivity index (χ0) is 14.3. The van der Waals surface area contributed by atoms with Gasteiger partial charge >= 0.3 is 0 Å². The summed E-state index contributed by atoms with van der Waals surface area (Å²) in [5.74, 6) is -0.484. The first-order valence-electron chi connectivity index (χ1n) is 6.44. The van der Waals surface area contributed by atoms with Crippen molar-refractivity contribution >= 4 is 5.91 Å². The zero-order valence-corrected chi connectivity index (χ0v) is 11.3. The van der Waals surface area contributed by atoms with Crippen LogP contribution in [0.4, 0.5) is 4.39 Å². The number of carbonyl (C=O) groups is 1. The fourth-order valence-corrected chi connectivity index (χ4v) is 1.69. The van der Waals surface area contributed by atoms with Crippen molar-refractivity contribution in [3.63, 3.8) is 0 Å². The molecule has 3 nitrogen and oxygen atoms in total. The normalized spacial score (nSPS) is 11.9. The van der Waals surface area contributed by atoms with Gasteiger partial charge in [0.25, 0.3) is 0 Å². The maximum Gasteiger partial charge on any atom is 0.221 e. The van der Waals surface area contributed by atoms with Gasteiger partial charge in [-0.25, -0.2) is 4.39 Å². The van der Waals surface area contributed by atoms with Crippen molar-refractivity contribution in [3.05, 3.63) is 35.6 Å². The fourth-order valence-electron chi connectivity index (χ4n) is 1.69. The van der Waals surface area contributed by atoms with Crippen molar-refractivity contribution in [1.29, 1.82) is 5.26 Å². The highest BCUT2D eigenvalue weighted by atomic mass is 19.1. The standard InChI is InChI=1S/C15H19FN2O/c1-11(2)7-8-18-15(19)9-13(10-17)12-3-5-14(16)6-4-12/h3-6,11,13H,7-9H2,1-2H3,(H,18,19). The van der Waals surface area contributed by atoms with Crippen LogP contribution in [0.15, 0.2) is 24.3 Å². The van der Waals surface area contributed by atoms with E-state index in [4.69, 9.17) is 5.26 Å². The van der Waals surface area contributed by atoms with Crippen LogP contribution < -0.4 is 5.32 Å². The lowest BCUT2D eigenvalue weighted by atomic mass is 9.97. The molecule has 0 spiro atoms.